The molecule has 6 aromatic rings. The number of hydrogen-bond donors (Lipinski definition) is 0. The van der Waals surface area contributed by atoms with Crippen LogP contribution in [0.25, 0.3) is 40.9 Å². The second-order valence-electron chi connectivity index (χ2n) is 7.51. The van der Waals surface area contributed by atoms with E-state index in [1.807, 2.05) is 24.3 Å². The van der Waals surface area contributed by atoms with E-state index in [9.17, 15) is 0 Å². The SMILES string of the molecule is Cc1ccc(-c2nnc(-c3ccco3)[se]2)cc1.Cc1ccc(-c2nnc(-c3ccco3)[se]2)cc1. The second-order valence-corrected chi connectivity index (χ2v) is 11.6. The summed E-state index contributed by atoms with van der Waals surface area (Å²) in [6.45, 7) is 4.16. The maximum atomic E-state index is 5.33. The summed E-state index contributed by atoms with van der Waals surface area (Å²) >= 11 is 0.264. The Morgan fingerprint density at radius 3 is 1.24 bits per heavy atom. The molecule has 0 bridgehead atoms. The molecule has 168 valence electrons. The van der Waals surface area contributed by atoms with Crippen LogP contribution in [0.5, 0.6) is 0 Å². The van der Waals surface area contributed by atoms with Gasteiger partial charge in [-0.3, -0.25) is 0 Å². The molecular formula is C26H20N4O2Se2. The molecule has 0 spiro atoms. The van der Waals surface area contributed by atoms with Gasteiger partial charge < -0.3 is 0 Å². The summed E-state index contributed by atoms with van der Waals surface area (Å²) in [5, 5.41) is 16.9. The van der Waals surface area contributed by atoms with Crippen molar-refractivity contribution < 1.29 is 8.83 Å². The van der Waals surface area contributed by atoms with Crippen molar-refractivity contribution in [2.75, 3.05) is 0 Å². The van der Waals surface area contributed by atoms with Crippen LogP contribution in [-0.4, -0.2) is 49.4 Å². The molecule has 0 saturated carbocycles. The molecule has 0 fully saturated rings. The van der Waals surface area contributed by atoms with Gasteiger partial charge in [0.05, 0.1) is 0 Å². The van der Waals surface area contributed by atoms with Crippen LogP contribution in [0, 0.1) is 13.8 Å². The molecule has 0 aliphatic carbocycles. The molecule has 4 heterocycles. The van der Waals surface area contributed by atoms with E-state index in [2.05, 4.69) is 82.8 Å². The Morgan fingerprint density at radius 2 is 0.882 bits per heavy atom. The van der Waals surface area contributed by atoms with E-state index >= 15 is 0 Å². The Balaban J connectivity index is 0.000000142. The van der Waals surface area contributed by atoms with Crippen molar-refractivity contribution in [1.29, 1.82) is 0 Å². The Morgan fingerprint density at radius 1 is 0.500 bits per heavy atom. The number of rotatable bonds is 4. The Kier molecular flexibility index (Phi) is 6.84. The van der Waals surface area contributed by atoms with Gasteiger partial charge in [0.2, 0.25) is 0 Å². The summed E-state index contributed by atoms with van der Waals surface area (Å²) in [5.41, 5.74) is 4.82. The van der Waals surface area contributed by atoms with Gasteiger partial charge in [-0.2, -0.15) is 0 Å². The van der Waals surface area contributed by atoms with Crippen molar-refractivity contribution >= 4 is 29.0 Å². The van der Waals surface area contributed by atoms with Crippen LogP contribution in [0.3, 0.4) is 0 Å². The summed E-state index contributed by atoms with van der Waals surface area (Å²) in [4.78, 5) is 0. The molecule has 34 heavy (non-hydrogen) atoms. The van der Waals surface area contributed by atoms with Crippen LogP contribution in [0.4, 0.5) is 0 Å². The predicted molar refractivity (Wildman–Crippen MR) is 134 cm³/mol. The number of hydrogen-bond acceptors (Lipinski definition) is 6. The molecule has 0 unspecified atom stereocenters. The minimum absolute atomic E-state index is 0.132. The molecule has 6 nitrogen and oxygen atoms in total. The van der Waals surface area contributed by atoms with E-state index < -0.39 is 0 Å². The summed E-state index contributed by atoms with van der Waals surface area (Å²) in [7, 11) is 0. The van der Waals surface area contributed by atoms with Crippen LogP contribution < -0.4 is 0 Å². The van der Waals surface area contributed by atoms with Crippen molar-refractivity contribution in [1.82, 2.24) is 20.4 Å². The molecule has 0 N–H and O–H groups in total. The van der Waals surface area contributed by atoms with Gasteiger partial charge in [0.15, 0.2) is 0 Å². The number of furan rings is 2. The summed E-state index contributed by atoms with van der Waals surface area (Å²) in [5.74, 6) is 1.66. The predicted octanol–water partition coefficient (Wildman–Crippen LogP) is 5.54. The van der Waals surface area contributed by atoms with Gasteiger partial charge >= 0.3 is 209 Å². The zero-order valence-corrected chi connectivity index (χ0v) is 21.9. The fourth-order valence-corrected chi connectivity index (χ4v) is 6.50. The van der Waals surface area contributed by atoms with Crippen LogP contribution in [0.2, 0.25) is 0 Å². The molecular weight excluding hydrogens is 558 g/mol. The van der Waals surface area contributed by atoms with Gasteiger partial charge in [0.25, 0.3) is 0 Å². The Hall–Kier alpha value is -3.28. The van der Waals surface area contributed by atoms with E-state index in [1.165, 1.54) is 11.1 Å². The summed E-state index contributed by atoms with van der Waals surface area (Å²) in [6, 6.07) is 24.4. The zero-order valence-electron chi connectivity index (χ0n) is 18.5. The molecule has 6 rings (SSSR count). The van der Waals surface area contributed by atoms with Crippen molar-refractivity contribution in [3.05, 3.63) is 96.4 Å². The number of aromatic nitrogens is 4. The summed E-state index contributed by atoms with van der Waals surface area (Å²) in [6.07, 6.45) is 3.33. The van der Waals surface area contributed by atoms with Gasteiger partial charge in [-0.1, -0.05) is 0 Å². The van der Waals surface area contributed by atoms with Gasteiger partial charge in [-0.25, -0.2) is 0 Å². The Bertz CT molecular complexity index is 1340. The third kappa shape index (κ3) is 5.27. The molecule has 0 aliphatic heterocycles. The van der Waals surface area contributed by atoms with Crippen LogP contribution in [-0.2, 0) is 0 Å². The first kappa shape index (κ1) is 22.5. The average molecular weight is 578 g/mol. The standard InChI is InChI=1S/2C13H10N2OSe/c2*1-9-4-6-10(7-5-9)12-14-15-13(17-12)11-3-2-8-16-11/h2*2-8H,1H3. The molecule has 4 aromatic heterocycles. The van der Waals surface area contributed by atoms with Crippen LogP contribution in [0.15, 0.2) is 94.2 Å². The first-order valence-corrected chi connectivity index (χ1v) is 14.0. The first-order valence-electron chi connectivity index (χ1n) is 10.5. The van der Waals surface area contributed by atoms with Gasteiger partial charge in [-0.15, -0.1) is 0 Å². The van der Waals surface area contributed by atoms with Gasteiger partial charge in [0.1, 0.15) is 0 Å². The van der Waals surface area contributed by atoms with Gasteiger partial charge in [0, 0.05) is 0 Å². The third-order valence-electron chi connectivity index (χ3n) is 4.91. The topological polar surface area (TPSA) is 77.8 Å². The van der Waals surface area contributed by atoms with E-state index in [4.69, 9.17) is 8.83 Å². The summed E-state index contributed by atoms with van der Waals surface area (Å²) < 4.78 is 14.7. The van der Waals surface area contributed by atoms with Crippen molar-refractivity contribution in [3.8, 4) is 40.9 Å². The van der Waals surface area contributed by atoms with E-state index in [-0.39, 0.29) is 29.0 Å². The first-order chi connectivity index (χ1) is 16.7. The van der Waals surface area contributed by atoms with Crippen molar-refractivity contribution in [3.63, 3.8) is 0 Å². The molecule has 0 atom stereocenters. The monoisotopic (exact) mass is 580 g/mol. The normalized spacial score (nSPS) is 10.6. The second kappa shape index (κ2) is 10.3. The Labute approximate surface area is 208 Å². The van der Waals surface area contributed by atoms with E-state index in [0.717, 1.165) is 40.9 Å². The van der Waals surface area contributed by atoms with Crippen molar-refractivity contribution in [2.45, 2.75) is 13.8 Å². The van der Waals surface area contributed by atoms with Crippen LogP contribution in [0.1, 0.15) is 11.1 Å². The fraction of sp³-hybridized carbons (Fsp3) is 0.0769. The van der Waals surface area contributed by atoms with Crippen LogP contribution >= 0.6 is 0 Å². The minimum atomic E-state index is 0.132. The van der Waals surface area contributed by atoms with Gasteiger partial charge in [-0.05, 0) is 0 Å². The van der Waals surface area contributed by atoms with E-state index in [0.29, 0.717) is 0 Å². The maximum absolute atomic E-state index is 5.33. The molecule has 8 heteroatoms. The molecule has 2 aromatic carbocycles. The zero-order chi connectivity index (χ0) is 23.3. The number of aryl methyl sites for hydroxylation is 2. The quantitative estimate of drug-likeness (QED) is 0.256. The number of benzene rings is 2. The fourth-order valence-electron chi connectivity index (χ4n) is 3.07. The van der Waals surface area contributed by atoms with E-state index in [1.54, 1.807) is 12.5 Å². The molecule has 0 aliphatic rings. The average Bonchev–Trinajstić information content (AvgIpc) is 3.66. The number of nitrogens with zero attached hydrogens (tertiary/aromatic N) is 4. The third-order valence-corrected chi connectivity index (χ3v) is 9.05. The molecule has 0 saturated heterocycles. The molecule has 0 amide bonds. The molecule has 0 radical (unpaired) electrons. The van der Waals surface area contributed by atoms with Crippen molar-refractivity contribution in [2.24, 2.45) is 0 Å².